The Bertz CT molecular complexity index is 1250. The van der Waals surface area contributed by atoms with Gasteiger partial charge in [-0.25, -0.2) is 9.59 Å². The standard InChI is InChI=1S/C26H26N4O5/c1-30-13-20(25(32)33)23(29-30)28-24(31)19-11-6-12-22(19)27-26(34)35-14-21-17-9-4-2-7-15(17)16-8-3-5-10-18(16)21/h2-5,7-10,13,19,21-22H,6,11-12,14H2,1H3,(H,27,34)(H,32,33)(H,28,29,31)/t19-,22+/m0/s1. The summed E-state index contributed by atoms with van der Waals surface area (Å²) >= 11 is 0. The highest BCUT2D eigenvalue weighted by atomic mass is 16.5. The van der Waals surface area contributed by atoms with Crippen LogP contribution in [0.5, 0.6) is 0 Å². The topological polar surface area (TPSA) is 123 Å². The van der Waals surface area contributed by atoms with Gasteiger partial charge in [0.2, 0.25) is 5.91 Å². The van der Waals surface area contributed by atoms with Crippen LogP contribution in [-0.4, -0.2) is 45.5 Å². The monoisotopic (exact) mass is 474 g/mol. The zero-order valence-electron chi connectivity index (χ0n) is 19.2. The van der Waals surface area contributed by atoms with Gasteiger partial charge in [0.15, 0.2) is 5.82 Å². The lowest BCUT2D eigenvalue weighted by Crippen LogP contribution is -2.42. The van der Waals surface area contributed by atoms with Gasteiger partial charge in [-0.2, -0.15) is 5.10 Å². The van der Waals surface area contributed by atoms with E-state index in [9.17, 15) is 19.5 Å². The minimum absolute atomic E-state index is 0.00297. The third kappa shape index (κ3) is 4.37. The van der Waals surface area contributed by atoms with Gasteiger partial charge in [0.25, 0.3) is 0 Å². The Morgan fingerprint density at radius 1 is 1.06 bits per heavy atom. The first-order valence-electron chi connectivity index (χ1n) is 11.6. The maximum atomic E-state index is 12.9. The zero-order valence-corrected chi connectivity index (χ0v) is 19.2. The maximum Gasteiger partial charge on any atom is 0.407 e. The van der Waals surface area contributed by atoms with E-state index in [1.165, 1.54) is 10.9 Å². The van der Waals surface area contributed by atoms with Gasteiger partial charge in [0.05, 0.1) is 5.92 Å². The third-order valence-corrected chi connectivity index (χ3v) is 6.80. The number of carbonyl (C=O) groups excluding carboxylic acids is 2. The lowest BCUT2D eigenvalue weighted by molar-refractivity contribution is -0.120. The van der Waals surface area contributed by atoms with Crippen molar-refractivity contribution >= 4 is 23.8 Å². The fraction of sp³-hybridized carbons (Fsp3) is 0.308. The Balaban J connectivity index is 1.22. The summed E-state index contributed by atoms with van der Waals surface area (Å²) in [5.41, 5.74) is 4.48. The Hall–Kier alpha value is -4.14. The summed E-state index contributed by atoms with van der Waals surface area (Å²) in [5, 5.41) is 18.8. The normalized spacial score (nSPS) is 18.5. The molecule has 3 N–H and O–H groups in total. The molecule has 1 saturated carbocycles. The molecule has 0 radical (unpaired) electrons. The van der Waals surface area contributed by atoms with Gasteiger partial charge >= 0.3 is 12.1 Å². The number of aromatic nitrogens is 2. The fourth-order valence-corrected chi connectivity index (χ4v) is 5.18. The van der Waals surface area contributed by atoms with Crippen LogP contribution in [0.3, 0.4) is 0 Å². The number of ether oxygens (including phenoxy) is 1. The average Bonchev–Trinajstić information content (AvgIpc) is 3.53. The highest BCUT2D eigenvalue weighted by Gasteiger charge is 2.36. The highest BCUT2D eigenvalue weighted by molar-refractivity contribution is 6.00. The Morgan fingerprint density at radius 2 is 1.71 bits per heavy atom. The molecule has 180 valence electrons. The first kappa shape index (κ1) is 22.6. The number of rotatable bonds is 6. The maximum absolute atomic E-state index is 12.9. The summed E-state index contributed by atoms with van der Waals surface area (Å²) < 4.78 is 6.96. The Labute approximate surface area is 202 Å². The van der Waals surface area contributed by atoms with E-state index in [0.29, 0.717) is 12.8 Å². The number of carboxylic acids is 1. The van der Waals surface area contributed by atoms with E-state index in [2.05, 4.69) is 40.0 Å². The quantitative estimate of drug-likeness (QED) is 0.500. The predicted octanol–water partition coefficient (Wildman–Crippen LogP) is 3.76. The molecule has 9 heteroatoms. The molecule has 0 aliphatic heterocycles. The third-order valence-electron chi connectivity index (χ3n) is 6.80. The second kappa shape index (κ2) is 9.25. The summed E-state index contributed by atoms with van der Waals surface area (Å²) in [7, 11) is 1.58. The molecule has 1 aromatic heterocycles. The van der Waals surface area contributed by atoms with E-state index in [4.69, 9.17) is 4.74 Å². The second-order valence-corrected chi connectivity index (χ2v) is 8.97. The lowest BCUT2D eigenvalue weighted by atomic mass is 9.98. The van der Waals surface area contributed by atoms with Crippen molar-refractivity contribution in [3.63, 3.8) is 0 Å². The molecule has 3 aromatic rings. The van der Waals surface area contributed by atoms with Gasteiger partial charge in [0.1, 0.15) is 12.2 Å². The van der Waals surface area contributed by atoms with Crippen LogP contribution in [0.15, 0.2) is 54.7 Å². The van der Waals surface area contributed by atoms with Crippen LogP contribution >= 0.6 is 0 Å². The van der Waals surface area contributed by atoms with Crippen molar-refractivity contribution < 1.29 is 24.2 Å². The van der Waals surface area contributed by atoms with Gasteiger partial charge < -0.3 is 20.5 Å². The van der Waals surface area contributed by atoms with Crippen molar-refractivity contribution in [3.05, 3.63) is 71.4 Å². The summed E-state index contributed by atoms with van der Waals surface area (Å²) in [6, 6.07) is 15.8. The molecule has 9 nitrogen and oxygen atoms in total. The number of nitrogens with one attached hydrogen (secondary N) is 2. The minimum Gasteiger partial charge on any atom is -0.477 e. The highest BCUT2D eigenvalue weighted by Crippen LogP contribution is 2.44. The van der Waals surface area contributed by atoms with Crippen molar-refractivity contribution in [3.8, 4) is 11.1 Å². The van der Waals surface area contributed by atoms with Crippen molar-refractivity contribution in [2.45, 2.75) is 31.2 Å². The molecule has 2 aliphatic carbocycles. The van der Waals surface area contributed by atoms with E-state index in [-0.39, 0.29) is 29.8 Å². The fourth-order valence-electron chi connectivity index (χ4n) is 5.18. The number of anilines is 1. The molecule has 0 saturated heterocycles. The SMILES string of the molecule is Cn1cc(C(=O)O)c(NC(=O)[C@H]2CCC[C@H]2NC(=O)OCC2c3ccccc3-c3ccccc32)n1. The van der Waals surface area contributed by atoms with Gasteiger partial charge in [-0.15, -0.1) is 0 Å². The molecule has 0 unspecified atom stereocenters. The Morgan fingerprint density at radius 3 is 2.37 bits per heavy atom. The number of aromatic carboxylic acids is 1. The molecule has 2 atom stereocenters. The molecular weight excluding hydrogens is 448 g/mol. The molecular formula is C26H26N4O5. The van der Waals surface area contributed by atoms with Crippen LogP contribution in [0, 0.1) is 5.92 Å². The van der Waals surface area contributed by atoms with Crippen molar-refractivity contribution in [2.24, 2.45) is 13.0 Å². The van der Waals surface area contributed by atoms with Crippen LogP contribution in [0.4, 0.5) is 10.6 Å². The predicted molar refractivity (Wildman–Crippen MR) is 128 cm³/mol. The number of carboxylic acid groups (broad SMARTS) is 1. The first-order chi connectivity index (χ1) is 16.9. The van der Waals surface area contributed by atoms with Gasteiger partial charge in [-0.1, -0.05) is 55.0 Å². The number of fused-ring (bicyclic) bond motifs is 3. The molecule has 2 amide bonds. The van der Waals surface area contributed by atoms with E-state index in [1.54, 1.807) is 7.05 Å². The zero-order chi connectivity index (χ0) is 24.5. The number of aryl methyl sites for hydroxylation is 1. The summed E-state index contributed by atoms with van der Waals surface area (Å²) in [4.78, 5) is 37.0. The molecule has 35 heavy (non-hydrogen) atoms. The number of hydrogen-bond donors (Lipinski definition) is 3. The summed E-state index contributed by atoms with van der Waals surface area (Å²) in [6.45, 7) is 0.194. The van der Waals surface area contributed by atoms with E-state index < -0.39 is 24.0 Å². The molecule has 1 heterocycles. The number of carbonyl (C=O) groups is 3. The van der Waals surface area contributed by atoms with Gasteiger partial charge in [0, 0.05) is 25.2 Å². The molecule has 2 aromatic carbocycles. The number of nitrogens with zero attached hydrogens (tertiary/aromatic N) is 2. The molecule has 0 bridgehead atoms. The van der Waals surface area contributed by atoms with E-state index in [1.807, 2.05) is 24.3 Å². The van der Waals surface area contributed by atoms with E-state index >= 15 is 0 Å². The van der Waals surface area contributed by atoms with Crippen LogP contribution in [-0.2, 0) is 16.6 Å². The lowest BCUT2D eigenvalue weighted by Gasteiger charge is -2.21. The van der Waals surface area contributed by atoms with Crippen LogP contribution in [0.2, 0.25) is 0 Å². The average molecular weight is 475 g/mol. The molecule has 0 spiro atoms. The number of alkyl carbamates (subject to hydrolysis) is 1. The number of benzene rings is 2. The largest absolute Gasteiger partial charge is 0.477 e. The van der Waals surface area contributed by atoms with Crippen LogP contribution in [0.1, 0.15) is 46.7 Å². The van der Waals surface area contributed by atoms with Crippen LogP contribution in [0.25, 0.3) is 11.1 Å². The Kier molecular flexibility index (Phi) is 5.98. The van der Waals surface area contributed by atoms with Gasteiger partial charge in [-0.3, -0.25) is 9.48 Å². The van der Waals surface area contributed by atoms with E-state index in [0.717, 1.165) is 28.7 Å². The number of amides is 2. The van der Waals surface area contributed by atoms with Crippen molar-refractivity contribution in [1.29, 1.82) is 0 Å². The molecule has 5 rings (SSSR count). The molecule has 1 fully saturated rings. The van der Waals surface area contributed by atoms with Crippen molar-refractivity contribution in [1.82, 2.24) is 15.1 Å². The summed E-state index contributed by atoms with van der Waals surface area (Å²) in [6.07, 6.45) is 2.74. The number of hydrogen-bond acceptors (Lipinski definition) is 5. The smallest absolute Gasteiger partial charge is 0.407 e. The minimum atomic E-state index is -1.17. The van der Waals surface area contributed by atoms with Crippen LogP contribution < -0.4 is 10.6 Å². The first-order valence-corrected chi connectivity index (χ1v) is 11.6. The molecule has 2 aliphatic rings. The van der Waals surface area contributed by atoms with Gasteiger partial charge in [-0.05, 0) is 35.1 Å². The second-order valence-electron chi connectivity index (χ2n) is 8.97. The summed E-state index contributed by atoms with van der Waals surface area (Å²) in [5.74, 6) is -2.09. The van der Waals surface area contributed by atoms with Crippen molar-refractivity contribution in [2.75, 3.05) is 11.9 Å².